The number of alkyl halides is 6. The van der Waals surface area contributed by atoms with Crippen LogP contribution in [-0.2, 0) is 12.4 Å². The molecule has 9 heteroatoms. The third-order valence-corrected chi connectivity index (χ3v) is 2.84. The number of halogens is 7. The molecular weight excluding hydrogens is 381 g/mol. The Bertz CT molecular complexity index is 491. The number of aromatic carboxylic acids is 1. The minimum atomic E-state index is -5.28. The Morgan fingerprint density at radius 3 is 1.72 bits per heavy atom. The summed E-state index contributed by atoms with van der Waals surface area (Å²) in [5.41, 5.74) is -4.73. The van der Waals surface area contributed by atoms with Gasteiger partial charge in [0.2, 0.25) is 0 Å². The lowest BCUT2D eigenvalue weighted by Crippen LogP contribution is -2.18. The van der Waals surface area contributed by atoms with Crippen molar-refractivity contribution in [1.29, 1.82) is 0 Å². The van der Waals surface area contributed by atoms with Crippen LogP contribution in [0, 0.1) is 3.57 Å². The number of benzene rings is 1. The van der Waals surface area contributed by atoms with Crippen LogP contribution in [0.15, 0.2) is 12.1 Å². The molecule has 0 spiro atoms. The first kappa shape index (κ1) is 15.1. The van der Waals surface area contributed by atoms with Gasteiger partial charge in [-0.2, -0.15) is 26.3 Å². The molecule has 1 aromatic carbocycles. The van der Waals surface area contributed by atoms with E-state index in [2.05, 4.69) is 0 Å². The number of carboxylic acid groups (broad SMARTS) is 1. The fraction of sp³-hybridized carbons (Fsp3) is 0.222. The average Bonchev–Trinajstić information content (AvgIpc) is 2.13. The van der Waals surface area contributed by atoms with Gasteiger partial charge in [0.15, 0.2) is 0 Å². The molecule has 0 aliphatic rings. The summed E-state index contributed by atoms with van der Waals surface area (Å²) in [6.07, 6.45) is -10.5. The lowest BCUT2D eigenvalue weighted by atomic mass is 10.0. The van der Waals surface area contributed by atoms with E-state index in [0.29, 0.717) is 0 Å². The standard InChI is InChI=1S/C9H3F6IO2/c10-8(11,12)4-1-3(7(17)18)6(16)2-5(4)9(13,14)15/h1-2H,(H,17,18). The predicted molar refractivity (Wildman–Crippen MR) is 56.1 cm³/mol. The van der Waals surface area contributed by atoms with Crippen LogP contribution >= 0.6 is 22.6 Å². The smallest absolute Gasteiger partial charge is 0.417 e. The molecule has 0 saturated heterocycles. The molecule has 0 bridgehead atoms. The predicted octanol–water partition coefficient (Wildman–Crippen LogP) is 4.03. The van der Waals surface area contributed by atoms with Gasteiger partial charge in [0.05, 0.1) is 16.7 Å². The van der Waals surface area contributed by atoms with Crippen LogP contribution < -0.4 is 0 Å². The van der Waals surface area contributed by atoms with Gasteiger partial charge in [-0.25, -0.2) is 4.79 Å². The van der Waals surface area contributed by atoms with Crippen molar-refractivity contribution in [2.24, 2.45) is 0 Å². The summed E-state index contributed by atoms with van der Waals surface area (Å²) >= 11 is 1.24. The van der Waals surface area contributed by atoms with E-state index in [1.165, 1.54) is 22.6 Å². The highest BCUT2D eigenvalue weighted by atomic mass is 127. The fourth-order valence-electron chi connectivity index (χ4n) is 1.21. The normalized spacial score (nSPS) is 12.6. The zero-order valence-electron chi connectivity index (χ0n) is 8.16. The van der Waals surface area contributed by atoms with Crippen LogP contribution in [0.1, 0.15) is 21.5 Å². The molecule has 0 heterocycles. The highest BCUT2D eigenvalue weighted by Gasteiger charge is 2.44. The van der Waals surface area contributed by atoms with Crippen molar-refractivity contribution in [3.63, 3.8) is 0 Å². The minimum absolute atomic E-state index is 0.00701. The summed E-state index contributed by atoms with van der Waals surface area (Å²) in [5, 5.41) is 8.60. The molecule has 0 saturated carbocycles. The van der Waals surface area contributed by atoms with Crippen LogP contribution in [0.4, 0.5) is 26.3 Å². The van der Waals surface area contributed by atoms with Gasteiger partial charge in [0.1, 0.15) is 0 Å². The number of rotatable bonds is 1. The van der Waals surface area contributed by atoms with E-state index >= 15 is 0 Å². The summed E-state index contributed by atoms with van der Waals surface area (Å²) < 4.78 is 74.3. The Labute approximate surface area is 110 Å². The van der Waals surface area contributed by atoms with Gasteiger partial charge >= 0.3 is 18.3 Å². The van der Waals surface area contributed by atoms with Gasteiger partial charge in [-0.05, 0) is 34.7 Å². The topological polar surface area (TPSA) is 37.3 Å². The fourth-order valence-corrected chi connectivity index (χ4v) is 1.90. The van der Waals surface area contributed by atoms with E-state index in [-0.39, 0.29) is 12.1 Å². The lowest BCUT2D eigenvalue weighted by Gasteiger charge is -2.16. The first-order valence-electron chi connectivity index (χ1n) is 4.16. The van der Waals surface area contributed by atoms with Crippen molar-refractivity contribution in [3.05, 3.63) is 32.4 Å². The first-order chi connectivity index (χ1) is 7.94. The number of carbonyl (C=O) groups is 1. The van der Waals surface area contributed by atoms with Crippen molar-refractivity contribution >= 4 is 28.6 Å². The lowest BCUT2D eigenvalue weighted by molar-refractivity contribution is -0.162. The highest BCUT2D eigenvalue weighted by molar-refractivity contribution is 14.1. The molecule has 0 amide bonds. The van der Waals surface area contributed by atoms with Gasteiger partial charge < -0.3 is 5.11 Å². The summed E-state index contributed by atoms with van der Waals surface area (Å²) in [6, 6.07) is 0.166. The number of hydrogen-bond acceptors (Lipinski definition) is 1. The molecule has 1 N–H and O–H groups in total. The molecule has 0 radical (unpaired) electrons. The van der Waals surface area contributed by atoms with Crippen LogP contribution in [0.25, 0.3) is 0 Å². The molecule has 0 unspecified atom stereocenters. The van der Waals surface area contributed by atoms with Crippen molar-refractivity contribution in [1.82, 2.24) is 0 Å². The molecule has 2 nitrogen and oxygen atoms in total. The molecule has 0 atom stereocenters. The highest BCUT2D eigenvalue weighted by Crippen LogP contribution is 2.41. The zero-order valence-corrected chi connectivity index (χ0v) is 10.3. The number of carboxylic acids is 1. The van der Waals surface area contributed by atoms with Gasteiger partial charge in [0, 0.05) is 3.57 Å². The maximum absolute atomic E-state index is 12.5. The minimum Gasteiger partial charge on any atom is -0.478 e. The Hall–Kier alpha value is -1.00. The van der Waals surface area contributed by atoms with E-state index < -0.39 is 38.6 Å². The van der Waals surface area contributed by atoms with E-state index in [4.69, 9.17) is 5.11 Å². The Kier molecular flexibility index (Phi) is 3.84. The van der Waals surface area contributed by atoms with Crippen molar-refractivity contribution in [3.8, 4) is 0 Å². The molecule has 1 aromatic rings. The van der Waals surface area contributed by atoms with E-state index in [1.54, 1.807) is 0 Å². The molecule has 1 rings (SSSR count). The van der Waals surface area contributed by atoms with E-state index in [1.807, 2.05) is 0 Å². The molecule has 100 valence electrons. The quantitative estimate of drug-likeness (QED) is 0.587. The number of hydrogen-bond donors (Lipinski definition) is 1. The second-order valence-corrected chi connectivity index (χ2v) is 4.34. The Balaban J connectivity index is 3.64. The van der Waals surface area contributed by atoms with Crippen LogP contribution in [0.3, 0.4) is 0 Å². The molecule has 0 fully saturated rings. The third kappa shape index (κ3) is 3.06. The summed E-state index contributed by atoms with van der Waals surface area (Å²) in [7, 11) is 0. The summed E-state index contributed by atoms with van der Waals surface area (Å²) in [4.78, 5) is 10.6. The molecule has 18 heavy (non-hydrogen) atoms. The molecule has 0 aromatic heterocycles. The SMILES string of the molecule is O=C(O)c1cc(C(F)(F)F)c(C(F)(F)F)cc1I. The van der Waals surface area contributed by atoms with Crippen molar-refractivity contribution in [2.75, 3.05) is 0 Å². The zero-order chi connectivity index (χ0) is 14.3. The maximum atomic E-state index is 12.5. The third-order valence-electron chi connectivity index (χ3n) is 1.95. The van der Waals surface area contributed by atoms with Gasteiger partial charge in [0.25, 0.3) is 0 Å². The molecule has 0 aliphatic heterocycles. The van der Waals surface area contributed by atoms with Gasteiger partial charge in [-0.1, -0.05) is 0 Å². The molecular formula is C9H3F6IO2. The second-order valence-electron chi connectivity index (χ2n) is 3.18. The molecule has 0 aliphatic carbocycles. The Morgan fingerprint density at radius 1 is 1.00 bits per heavy atom. The van der Waals surface area contributed by atoms with Crippen molar-refractivity contribution < 1.29 is 36.2 Å². The van der Waals surface area contributed by atoms with Crippen molar-refractivity contribution in [2.45, 2.75) is 12.4 Å². The van der Waals surface area contributed by atoms with Crippen LogP contribution in [-0.4, -0.2) is 11.1 Å². The Morgan fingerprint density at radius 2 is 1.39 bits per heavy atom. The van der Waals surface area contributed by atoms with Gasteiger partial charge in [-0.15, -0.1) is 0 Å². The maximum Gasteiger partial charge on any atom is 0.417 e. The summed E-state index contributed by atoms with van der Waals surface area (Å²) in [6.45, 7) is 0. The van der Waals surface area contributed by atoms with Gasteiger partial charge in [-0.3, -0.25) is 0 Å². The first-order valence-corrected chi connectivity index (χ1v) is 5.23. The van der Waals surface area contributed by atoms with E-state index in [0.717, 1.165) is 0 Å². The monoisotopic (exact) mass is 384 g/mol. The second kappa shape index (κ2) is 4.59. The van der Waals surface area contributed by atoms with Crippen LogP contribution in [0.5, 0.6) is 0 Å². The van der Waals surface area contributed by atoms with E-state index in [9.17, 15) is 31.1 Å². The van der Waals surface area contributed by atoms with Crippen LogP contribution in [0.2, 0.25) is 0 Å². The summed E-state index contributed by atoms with van der Waals surface area (Å²) in [5.74, 6) is -1.72. The largest absolute Gasteiger partial charge is 0.478 e. The average molecular weight is 384 g/mol.